The zero-order valence-electron chi connectivity index (χ0n) is 12.9. The standard InChI is InChI=1S/C18H21N3O/c1-2-14-7-3-4-8-17(14)20-16-11-15(12-19-13-16)18(22)21-9-5-6-10-21/h3-4,7-8,11-13,20H,2,5-6,9-10H2,1H3. The summed E-state index contributed by atoms with van der Waals surface area (Å²) in [4.78, 5) is 18.6. The number of para-hydroxylation sites is 1. The Morgan fingerprint density at radius 3 is 2.77 bits per heavy atom. The van der Waals surface area contributed by atoms with Gasteiger partial charge in [-0.2, -0.15) is 0 Å². The van der Waals surface area contributed by atoms with Crippen LogP contribution >= 0.6 is 0 Å². The van der Waals surface area contributed by atoms with Crippen LogP contribution in [-0.4, -0.2) is 28.9 Å². The van der Waals surface area contributed by atoms with E-state index in [0.717, 1.165) is 43.7 Å². The highest BCUT2D eigenvalue weighted by Gasteiger charge is 2.19. The van der Waals surface area contributed by atoms with Crippen molar-refractivity contribution in [1.29, 1.82) is 0 Å². The molecular formula is C18H21N3O. The SMILES string of the molecule is CCc1ccccc1Nc1cncc(C(=O)N2CCCC2)c1. The Bertz CT molecular complexity index is 663. The van der Waals surface area contributed by atoms with Crippen LogP contribution in [0.4, 0.5) is 11.4 Å². The van der Waals surface area contributed by atoms with Crippen LogP contribution in [-0.2, 0) is 6.42 Å². The summed E-state index contributed by atoms with van der Waals surface area (Å²) in [6, 6.07) is 10.1. The van der Waals surface area contributed by atoms with Gasteiger partial charge in [0.25, 0.3) is 5.91 Å². The van der Waals surface area contributed by atoms with Gasteiger partial charge >= 0.3 is 0 Å². The molecule has 1 aliphatic heterocycles. The van der Waals surface area contributed by atoms with Crippen molar-refractivity contribution in [2.45, 2.75) is 26.2 Å². The van der Waals surface area contributed by atoms with Gasteiger partial charge in [0.05, 0.1) is 17.4 Å². The summed E-state index contributed by atoms with van der Waals surface area (Å²) < 4.78 is 0. The molecule has 4 nitrogen and oxygen atoms in total. The largest absolute Gasteiger partial charge is 0.354 e. The van der Waals surface area contributed by atoms with E-state index in [1.54, 1.807) is 12.4 Å². The Morgan fingerprint density at radius 1 is 1.23 bits per heavy atom. The van der Waals surface area contributed by atoms with E-state index < -0.39 is 0 Å². The van der Waals surface area contributed by atoms with Gasteiger partial charge in [0.1, 0.15) is 0 Å². The zero-order chi connectivity index (χ0) is 15.4. The van der Waals surface area contributed by atoms with Crippen LogP contribution in [0.2, 0.25) is 0 Å². The molecule has 2 heterocycles. The number of amides is 1. The second-order valence-corrected chi connectivity index (χ2v) is 5.60. The van der Waals surface area contributed by atoms with Gasteiger partial charge in [0.15, 0.2) is 0 Å². The Morgan fingerprint density at radius 2 is 2.00 bits per heavy atom. The zero-order valence-corrected chi connectivity index (χ0v) is 12.9. The summed E-state index contributed by atoms with van der Waals surface area (Å²) in [6.45, 7) is 3.84. The Balaban J connectivity index is 1.80. The van der Waals surface area contributed by atoms with E-state index in [9.17, 15) is 4.79 Å². The average molecular weight is 295 g/mol. The van der Waals surface area contributed by atoms with Crippen molar-refractivity contribution >= 4 is 17.3 Å². The maximum atomic E-state index is 12.4. The number of benzene rings is 1. The molecule has 1 amide bonds. The molecule has 1 aliphatic rings. The number of pyridine rings is 1. The Kier molecular flexibility index (Phi) is 4.37. The molecule has 2 aromatic rings. The maximum Gasteiger partial charge on any atom is 0.255 e. The number of nitrogens with one attached hydrogen (secondary N) is 1. The van der Waals surface area contributed by atoms with Crippen molar-refractivity contribution in [1.82, 2.24) is 9.88 Å². The van der Waals surface area contributed by atoms with E-state index in [1.165, 1.54) is 5.56 Å². The van der Waals surface area contributed by atoms with Crippen LogP contribution in [0.5, 0.6) is 0 Å². The Labute approximate surface area is 131 Å². The molecule has 0 radical (unpaired) electrons. The van der Waals surface area contributed by atoms with Gasteiger partial charge in [0, 0.05) is 25.0 Å². The summed E-state index contributed by atoms with van der Waals surface area (Å²) >= 11 is 0. The van der Waals surface area contributed by atoms with Gasteiger partial charge in [0.2, 0.25) is 0 Å². The highest BCUT2D eigenvalue weighted by Crippen LogP contribution is 2.22. The maximum absolute atomic E-state index is 12.4. The molecule has 114 valence electrons. The van der Waals surface area contributed by atoms with Crippen molar-refractivity contribution in [3.63, 3.8) is 0 Å². The number of likely N-dealkylation sites (tertiary alicyclic amines) is 1. The molecule has 0 saturated carbocycles. The second kappa shape index (κ2) is 6.60. The third-order valence-electron chi connectivity index (χ3n) is 4.06. The normalized spacial score (nSPS) is 14.1. The topological polar surface area (TPSA) is 45.2 Å². The van der Waals surface area contributed by atoms with Crippen LogP contribution in [0.1, 0.15) is 35.7 Å². The first-order chi connectivity index (χ1) is 10.8. The molecule has 1 saturated heterocycles. The fourth-order valence-corrected chi connectivity index (χ4v) is 2.83. The monoisotopic (exact) mass is 295 g/mol. The van der Waals surface area contributed by atoms with Gasteiger partial charge in [-0.1, -0.05) is 25.1 Å². The lowest BCUT2D eigenvalue weighted by molar-refractivity contribution is 0.0792. The molecular weight excluding hydrogens is 274 g/mol. The first kappa shape index (κ1) is 14.6. The van der Waals surface area contributed by atoms with E-state index in [2.05, 4.69) is 23.3 Å². The summed E-state index contributed by atoms with van der Waals surface area (Å²) in [5.74, 6) is 0.0810. The quantitative estimate of drug-likeness (QED) is 0.937. The molecule has 22 heavy (non-hydrogen) atoms. The van der Waals surface area contributed by atoms with Crippen molar-refractivity contribution in [2.75, 3.05) is 18.4 Å². The van der Waals surface area contributed by atoms with E-state index in [0.29, 0.717) is 5.56 Å². The molecule has 3 rings (SSSR count). The molecule has 1 N–H and O–H groups in total. The van der Waals surface area contributed by atoms with Gasteiger partial charge in [-0.15, -0.1) is 0 Å². The molecule has 1 aromatic heterocycles. The lowest BCUT2D eigenvalue weighted by atomic mass is 10.1. The number of rotatable bonds is 4. The fourth-order valence-electron chi connectivity index (χ4n) is 2.83. The molecule has 0 atom stereocenters. The molecule has 1 aromatic carbocycles. The third-order valence-corrected chi connectivity index (χ3v) is 4.06. The molecule has 0 unspecified atom stereocenters. The number of anilines is 2. The highest BCUT2D eigenvalue weighted by molar-refractivity contribution is 5.95. The number of aryl methyl sites for hydroxylation is 1. The van der Waals surface area contributed by atoms with Crippen LogP contribution in [0.3, 0.4) is 0 Å². The number of hydrogen-bond donors (Lipinski definition) is 1. The van der Waals surface area contributed by atoms with Gasteiger partial charge in [-0.3, -0.25) is 9.78 Å². The van der Waals surface area contributed by atoms with E-state index in [-0.39, 0.29) is 5.91 Å². The summed E-state index contributed by atoms with van der Waals surface area (Å²) in [7, 11) is 0. The number of hydrogen-bond acceptors (Lipinski definition) is 3. The van der Waals surface area contributed by atoms with Crippen LogP contribution in [0, 0.1) is 0 Å². The number of carbonyl (C=O) groups excluding carboxylic acids is 1. The second-order valence-electron chi connectivity index (χ2n) is 5.60. The Hall–Kier alpha value is -2.36. The van der Waals surface area contributed by atoms with Gasteiger partial charge < -0.3 is 10.2 Å². The van der Waals surface area contributed by atoms with Crippen molar-refractivity contribution in [3.05, 3.63) is 53.9 Å². The van der Waals surface area contributed by atoms with Gasteiger partial charge in [-0.25, -0.2) is 0 Å². The van der Waals surface area contributed by atoms with Gasteiger partial charge in [-0.05, 0) is 37.0 Å². The first-order valence-electron chi connectivity index (χ1n) is 7.87. The van der Waals surface area contributed by atoms with Crippen LogP contribution in [0.15, 0.2) is 42.7 Å². The predicted octanol–water partition coefficient (Wildman–Crippen LogP) is 3.62. The lowest BCUT2D eigenvalue weighted by Gasteiger charge is -2.16. The minimum absolute atomic E-state index is 0.0810. The van der Waals surface area contributed by atoms with Crippen molar-refractivity contribution < 1.29 is 4.79 Å². The first-order valence-corrected chi connectivity index (χ1v) is 7.87. The molecule has 4 heteroatoms. The van der Waals surface area contributed by atoms with Crippen molar-refractivity contribution in [3.8, 4) is 0 Å². The fraction of sp³-hybridized carbons (Fsp3) is 0.333. The van der Waals surface area contributed by atoms with E-state index in [1.807, 2.05) is 29.2 Å². The minimum Gasteiger partial charge on any atom is -0.354 e. The number of nitrogens with zero attached hydrogens (tertiary/aromatic N) is 2. The lowest BCUT2D eigenvalue weighted by Crippen LogP contribution is -2.27. The molecule has 0 spiro atoms. The molecule has 0 bridgehead atoms. The third kappa shape index (κ3) is 3.11. The number of aromatic nitrogens is 1. The van der Waals surface area contributed by atoms with Crippen LogP contribution in [0.25, 0.3) is 0 Å². The van der Waals surface area contributed by atoms with Crippen LogP contribution < -0.4 is 5.32 Å². The summed E-state index contributed by atoms with van der Waals surface area (Å²) in [6.07, 6.45) is 6.57. The van der Waals surface area contributed by atoms with Crippen molar-refractivity contribution in [2.24, 2.45) is 0 Å². The average Bonchev–Trinajstić information content (AvgIpc) is 3.09. The summed E-state index contributed by atoms with van der Waals surface area (Å²) in [5.41, 5.74) is 3.82. The smallest absolute Gasteiger partial charge is 0.255 e. The highest BCUT2D eigenvalue weighted by atomic mass is 16.2. The number of carbonyl (C=O) groups is 1. The summed E-state index contributed by atoms with van der Waals surface area (Å²) in [5, 5.41) is 3.38. The van der Waals surface area contributed by atoms with E-state index in [4.69, 9.17) is 0 Å². The van der Waals surface area contributed by atoms with E-state index >= 15 is 0 Å². The minimum atomic E-state index is 0.0810. The molecule has 1 fully saturated rings. The predicted molar refractivity (Wildman–Crippen MR) is 88.5 cm³/mol. The molecule has 0 aliphatic carbocycles.